The van der Waals surface area contributed by atoms with Crippen LogP contribution in [-0.2, 0) is 0 Å². The lowest BCUT2D eigenvalue weighted by atomic mass is 10.0. The predicted octanol–water partition coefficient (Wildman–Crippen LogP) is 8.77. The molecule has 0 aliphatic rings. The standard InChI is InChI=1S/C30H44O4/c1-3-4-5-6-7-8-9-10-11-12-13-14-15-16-25-33-28-19-17-26(18-20-28)30(31)34-29-23-21-27(32-2)22-24-29/h17-24H,3-16,25H2,1-2H3. The highest BCUT2D eigenvalue weighted by molar-refractivity contribution is 5.91. The maximum atomic E-state index is 12.3. The number of benzene rings is 2. The van der Waals surface area contributed by atoms with Crippen LogP contribution >= 0.6 is 0 Å². The summed E-state index contributed by atoms with van der Waals surface area (Å²) in [5.74, 6) is 1.61. The van der Waals surface area contributed by atoms with E-state index in [9.17, 15) is 4.79 Å². The van der Waals surface area contributed by atoms with Crippen molar-refractivity contribution < 1.29 is 19.0 Å². The zero-order valence-electron chi connectivity index (χ0n) is 21.4. The summed E-state index contributed by atoms with van der Waals surface area (Å²) in [5, 5.41) is 0. The molecule has 0 atom stereocenters. The Morgan fingerprint density at radius 3 is 1.53 bits per heavy atom. The molecule has 0 heterocycles. The molecule has 0 radical (unpaired) electrons. The van der Waals surface area contributed by atoms with Crippen molar-refractivity contribution in [3.63, 3.8) is 0 Å². The summed E-state index contributed by atoms with van der Waals surface area (Å²) in [6.07, 6.45) is 18.9. The number of carbonyl (C=O) groups excluding carboxylic acids is 1. The molecule has 0 amide bonds. The van der Waals surface area contributed by atoms with Crippen molar-refractivity contribution in [2.24, 2.45) is 0 Å². The van der Waals surface area contributed by atoms with Crippen LogP contribution < -0.4 is 14.2 Å². The van der Waals surface area contributed by atoms with Gasteiger partial charge in [-0.2, -0.15) is 0 Å². The lowest BCUT2D eigenvalue weighted by molar-refractivity contribution is 0.0734. The summed E-state index contributed by atoms with van der Waals surface area (Å²) >= 11 is 0. The van der Waals surface area contributed by atoms with Crippen LogP contribution in [-0.4, -0.2) is 19.7 Å². The number of rotatable bonds is 19. The van der Waals surface area contributed by atoms with E-state index in [-0.39, 0.29) is 5.97 Å². The van der Waals surface area contributed by atoms with Crippen LogP contribution in [0.1, 0.15) is 107 Å². The fraction of sp³-hybridized carbons (Fsp3) is 0.567. The van der Waals surface area contributed by atoms with E-state index in [1.807, 2.05) is 12.1 Å². The van der Waals surface area contributed by atoms with E-state index in [1.54, 1.807) is 43.5 Å². The van der Waals surface area contributed by atoms with Gasteiger partial charge in [0.05, 0.1) is 19.3 Å². The largest absolute Gasteiger partial charge is 0.497 e. The SMILES string of the molecule is CCCCCCCCCCCCCCCCOc1ccc(C(=O)Oc2ccc(OC)cc2)cc1. The third kappa shape index (κ3) is 12.1. The molecule has 0 aliphatic heterocycles. The molecule has 0 spiro atoms. The minimum Gasteiger partial charge on any atom is -0.497 e. The normalized spacial score (nSPS) is 10.8. The summed E-state index contributed by atoms with van der Waals surface area (Å²) < 4.78 is 16.3. The van der Waals surface area contributed by atoms with Crippen molar-refractivity contribution in [2.45, 2.75) is 96.8 Å². The maximum Gasteiger partial charge on any atom is 0.343 e. The Morgan fingerprint density at radius 1 is 0.588 bits per heavy atom. The molecule has 0 saturated carbocycles. The van der Waals surface area contributed by atoms with E-state index >= 15 is 0 Å². The molecule has 0 aliphatic carbocycles. The van der Waals surface area contributed by atoms with Crippen molar-refractivity contribution in [3.8, 4) is 17.2 Å². The first-order valence-electron chi connectivity index (χ1n) is 13.3. The summed E-state index contributed by atoms with van der Waals surface area (Å²) in [4.78, 5) is 12.3. The Bertz CT molecular complexity index is 767. The van der Waals surface area contributed by atoms with Gasteiger partial charge >= 0.3 is 5.97 Å². The number of ether oxygens (including phenoxy) is 3. The smallest absolute Gasteiger partial charge is 0.343 e. The average molecular weight is 469 g/mol. The Balaban J connectivity index is 1.47. The monoisotopic (exact) mass is 468 g/mol. The molecule has 0 saturated heterocycles. The summed E-state index contributed by atoms with van der Waals surface area (Å²) in [6.45, 7) is 2.99. The van der Waals surface area contributed by atoms with Crippen LogP contribution in [0.4, 0.5) is 0 Å². The van der Waals surface area contributed by atoms with Gasteiger partial charge in [-0.1, -0.05) is 90.4 Å². The van der Waals surface area contributed by atoms with Gasteiger partial charge in [-0.15, -0.1) is 0 Å². The van der Waals surface area contributed by atoms with Gasteiger partial charge in [0, 0.05) is 0 Å². The van der Waals surface area contributed by atoms with Crippen molar-refractivity contribution in [1.82, 2.24) is 0 Å². The molecule has 0 unspecified atom stereocenters. The Labute approximate surface area is 207 Å². The van der Waals surface area contributed by atoms with Crippen LogP contribution in [0.25, 0.3) is 0 Å². The van der Waals surface area contributed by atoms with E-state index in [0.29, 0.717) is 17.9 Å². The average Bonchev–Trinajstić information content (AvgIpc) is 2.87. The van der Waals surface area contributed by atoms with Crippen LogP contribution in [0.15, 0.2) is 48.5 Å². The highest BCUT2D eigenvalue weighted by Gasteiger charge is 2.09. The zero-order chi connectivity index (χ0) is 24.3. The van der Waals surface area contributed by atoms with Crippen molar-refractivity contribution in [1.29, 1.82) is 0 Å². The second kappa shape index (κ2) is 17.9. The van der Waals surface area contributed by atoms with E-state index < -0.39 is 0 Å². The van der Waals surface area contributed by atoms with Crippen molar-refractivity contribution >= 4 is 5.97 Å². The van der Waals surface area contributed by atoms with E-state index in [1.165, 1.54) is 83.5 Å². The van der Waals surface area contributed by atoms with E-state index in [0.717, 1.165) is 17.9 Å². The van der Waals surface area contributed by atoms with Gasteiger partial charge in [-0.05, 0) is 55.0 Å². The molecular weight excluding hydrogens is 424 g/mol. The third-order valence-electron chi connectivity index (χ3n) is 6.13. The van der Waals surface area contributed by atoms with Gasteiger partial charge < -0.3 is 14.2 Å². The highest BCUT2D eigenvalue weighted by atomic mass is 16.5. The van der Waals surface area contributed by atoms with Gasteiger partial charge in [-0.25, -0.2) is 4.79 Å². The number of unbranched alkanes of at least 4 members (excludes halogenated alkanes) is 13. The van der Waals surface area contributed by atoms with E-state index in [2.05, 4.69) is 6.92 Å². The fourth-order valence-corrected chi connectivity index (χ4v) is 3.98. The molecule has 188 valence electrons. The van der Waals surface area contributed by atoms with E-state index in [4.69, 9.17) is 14.2 Å². The summed E-state index contributed by atoms with van der Waals surface area (Å²) in [7, 11) is 1.60. The first-order chi connectivity index (χ1) is 16.7. The van der Waals surface area contributed by atoms with Crippen LogP contribution in [0, 0.1) is 0 Å². The van der Waals surface area contributed by atoms with Crippen molar-refractivity contribution in [3.05, 3.63) is 54.1 Å². The maximum absolute atomic E-state index is 12.3. The second-order valence-electron chi connectivity index (χ2n) is 9.03. The molecule has 4 heteroatoms. The second-order valence-corrected chi connectivity index (χ2v) is 9.03. The molecule has 34 heavy (non-hydrogen) atoms. The van der Waals surface area contributed by atoms with Gasteiger partial charge in [0.2, 0.25) is 0 Å². The number of hydrogen-bond donors (Lipinski definition) is 0. The third-order valence-corrected chi connectivity index (χ3v) is 6.13. The van der Waals surface area contributed by atoms with Gasteiger partial charge in [0.15, 0.2) is 0 Å². The van der Waals surface area contributed by atoms with Gasteiger partial charge in [0.25, 0.3) is 0 Å². The molecule has 2 aromatic carbocycles. The lowest BCUT2D eigenvalue weighted by Crippen LogP contribution is -2.08. The molecular formula is C30H44O4. The topological polar surface area (TPSA) is 44.8 Å². The quantitative estimate of drug-likeness (QED) is 0.117. The minimum atomic E-state index is -0.385. The Morgan fingerprint density at radius 2 is 1.03 bits per heavy atom. The number of methoxy groups -OCH3 is 1. The predicted molar refractivity (Wildman–Crippen MR) is 140 cm³/mol. The molecule has 2 rings (SSSR count). The molecule has 4 nitrogen and oxygen atoms in total. The molecule has 0 N–H and O–H groups in total. The molecule has 2 aromatic rings. The molecule has 0 bridgehead atoms. The number of carbonyl (C=O) groups is 1. The van der Waals surface area contributed by atoms with Gasteiger partial charge in [-0.3, -0.25) is 0 Å². The summed E-state index contributed by atoms with van der Waals surface area (Å²) in [6, 6.07) is 14.1. The number of esters is 1. The van der Waals surface area contributed by atoms with Crippen LogP contribution in [0.5, 0.6) is 17.2 Å². The van der Waals surface area contributed by atoms with Crippen LogP contribution in [0.3, 0.4) is 0 Å². The Kier molecular flexibility index (Phi) is 14.6. The molecule has 0 aromatic heterocycles. The zero-order valence-corrected chi connectivity index (χ0v) is 21.4. The Hall–Kier alpha value is -2.49. The first kappa shape index (κ1) is 27.8. The number of hydrogen-bond acceptors (Lipinski definition) is 4. The van der Waals surface area contributed by atoms with Crippen LogP contribution in [0.2, 0.25) is 0 Å². The van der Waals surface area contributed by atoms with Gasteiger partial charge in [0.1, 0.15) is 17.2 Å². The first-order valence-corrected chi connectivity index (χ1v) is 13.3. The fourth-order valence-electron chi connectivity index (χ4n) is 3.98. The summed E-state index contributed by atoms with van der Waals surface area (Å²) in [5.41, 5.74) is 0.500. The minimum absolute atomic E-state index is 0.385. The van der Waals surface area contributed by atoms with Crippen molar-refractivity contribution in [2.75, 3.05) is 13.7 Å². The molecule has 0 fully saturated rings. The lowest BCUT2D eigenvalue weighted by Gasteiger charge is -2.08. The highest BCUT2D eigenvalue weighted by Crippen LogP contribution is 2.20.